The minimum Gasteiger partial charge on any atom is -0.410 e. The van der Waals surface area contributed by atoms with E-state index < -0.39 is 56.8 Å². The summed E-state index contributed by atoms with van der Waals surface area (Å²) in [5.74, 6) is 0. The van der Waals surface area contributed by atoms with E-state index in [0.717, 1.165) is 26.2 Å². The summed E-state index contributed by atoms with van der Waals surface area (Å²) in [6.45, 7) is 0. The molecule has 2 aromatic carbocycles. The summed E-state index contributed by atoms with van der Waals surface area (Å²) in [6, 6.07) is 3.30. The molecular weight excluding hydrogens is 458 g/mol. The average Bonchev–Trinajstić information content (AvgIpc) is 3.05. The van der Waals surface area contributed by atoms with Crippen molar-refractivity contribution in [2.45, 2.75) is 9.79 Å². The number of nitro groups is 2. The van der Waals surface area contributed by atoms with E-state index in [2.05, 4.69) is 5.16 Å². The minimum absolute atomic E-state index is 0.289. The number of nitrogens with zero attached hydrogens (tertiary/aromatic N) is 3. The molecule has 0 spiro atoms. The van der Waals surface area contributed by atoms with E-state index in [1.165, 1.54) is 0 Å². The highest BCUT2D eigenvalue weighted by Gasteiger charge is 2.40. The van der Waals surface area contributed by atoms with Gasteiger partial charge in [0.05, 0.1) is 30.8 Å². The average molecular weight is 471 g/mol. The zero-order valence-corrected chi connectivity index (χ0v) is 17.3. The molecule has 0 amide bonds. The van der Waals surface area contributed by atoms with Crippen molar-refractivity contribution >= 4 is 37.1 Å². The fourth-order valence-corrected chi connectivity index (χ4v) is 4.74. The van der Waals surface area contributed by atoms with E-state index >= 15 is 0 Å². The molecule has 0 saturated carbocycles. The number of nitrogens with one attached hydrogen (secondary N) is 2. The van der Waals surface area contributed by atoms with Crippen LogP contribution in [0.3, 0.4) is 0 Å². The molecule has 0 fully saturated rings. The van der Waals surface area contributed by atoms with Gasteiger partial charge in [-0.3, -0.25) is 20.2 Å². The Morgan fingerprint density at radius 2 is 1.16 bits per heavy atom. The first kappa shape index (κ1) is 22.2. The first-order valence-corrected chi connectivity index (χ1v) is 11.1. The molecule has 0 bridgehead atoms. The van der Waals surface area contributed by atoms with Crippen molar-refractivity contribution in [2.75, 3.05) is 14.1 Å². The van der Waals surface area contributed by atoms with Crippen LogP contribution in [-0.2, 0) is 20.0 Å². The molecule has 1 aliphatic carbocycles. The lowest BCUT2D eigenvalue weighted by atomic mass is 10.0. The van der Waals surface area contributed by atoms with Crippen LogP contribution in [-0.4, -0.2) is 51.7 Å². The Hall–Kier alpha value is -3.47. The Kier molecular flexibility index (Phi) is 5.26. The van der Waals surface area contributed by atoms with Crippen molar-refractivity contribution in [1.82, 2.24) is 9.44 Å². The smallest absolute Gasteiger partial charge is 0.279 e. The van der Waals surface area contributed by atoms with Gasteiger partial charge in [-0.25, -0.2) is 26.3 Å². The van der Waals surface area contributed by atoms with E-state index in [4.69, 9.17) is 0 Å². The molecule has 0 aromatic heterocycles. The number of hydrogen-bond donors (Lipinski definition) is 3. The van der Waals surface area contributed by atoms with Gasteiger partial charge in [-0.2, -0.15) is 0 Å². The monoisotopic (exact) mass is 471 g/mol. The molecule has 0 aliphatic heterocycles. The highest BCUT2D eigenvalue weighted by molar-refractivity contribution is 7.89. The van der Waals surface area contributed by atoms with Gasteiger partial charge in [0, 0.05) is 23.3 Å². The first-order chi connectivity index (χ1) is 14.4. The van der Waals surface area contributed by atoms with Crippen LogP contribution < -0.4 is 9.44 Å². The van der Waals surface area contributed by atoms with Crippen LogP contribution in [0.2, 0.25) is 0 Å². The Labute approximate surface area is 174 Å². The van der Waals surface area contributed by atoms with Gasteiger partial charge in [0.2, 0.25) is 20.0 Å². The summed E-state index contributed by atoms with van der Waals surface area (Å²) in [5, 5.41) is 35.9. The van der Waals surface area contributed by atoms with E-state index in [0.29, 0.717) is 12.1 Å². The molecule has 0 radical (unpaired) electrons. The van der Waals surface area contributed by atoms with Crippen molar-refractivity contribution in [3.8, 4) is 11.1 Å². The zero-order valence-electron chi connectivity index (χ0n) is 15.7. The SMILES string of the molecule is CNS(=O)(=O)c1cc2c(c([N+](=O)[O-])c1)-c1c(cc(S(=O)(=O)NC)cc1[N+](=O)[O-])C2=NO. The molecule has 164 valence electrons. The molecule has 16 heteroatoms. The lowest BCUT2D eigenvalue weighted by Crippen LogP contribution is -2.19. The summed E-state index contributed by atoms with van der Waals surface area (Å²) in [4.78, 5) is 20.4. The standard InChI is InChI=1S/C15H13N5O9S2/c1-16-30(26,27)7-3-9-13(11(5-7)19(22)23)14-10(15(9)18-21)4-8(31(28,29)17-2)6-12(14)20(24)25/h3-6,16-17,21H,1-2H3. The fourth-order valence-electron chi connectivity index (χ4n) is 3.19. The van der Waals surface area contributed by atoms with Gasteiger partial charge in [0.15, 0.2) is 0 Å². The molecule has 0 unspecified atom stereocenters. The molecular formula is C15H13N5O9S2. The highest BCUT2D eigenvalue weighted by Crippen LogP contribution is 2.49. The number of oxime groups is 1. The summed E-state index contributed by atoms with van der Waals surface area (Å²) in [6.07, 6.45) is 0. The second kappa shape index (κ2) is 7.34. The zero-order chi connectivity index (χ0) is 23.3. The van der Waals surface area contributed by atoms with Crippen molar-refractivity contribution in [2.24, 2.45) is 5.16 Å². The molecule has 1 aliphatic rings. The van der Waals surface area contributed by atoms with Crippen LogP contribution in [0.15, 0.2) is 39.2 Å². The quantitative estimate of drug-likeness (QED) is 0.259. The normalized spacial score (nSPS) is 12.9. The topological polar surface area (TPSA) is 211 Å². The lowest BCUT2D eigenvalue weighted by Gasteiger charge is -2.08. The number of rotatable bonds is 6. The summed E-state index contributed by atoms with van der Waals surface area (Å²) >= 11 is 0. The molecule has 0 saturated heterocycles. The molecule has 3 rings (SSSR count). The van der Waals surface area contributed by atoms with Crippen LogP contribution in [0.1, 0.15) is 11.1 Å². The summed E-state index contributed by atoms with van der Waals surface area (Å²) in [5.41, 5.74) is -3.40. The number of hydrogen-bond acceptors (Lipinski definition) is 10. The van der Waals surface area contributed by atoms with Gasteiger partial charge < -0.3 is 5.21 Å². The second-order valence-electron chi connectivity index (χ2n) is 6.11. The van der Waals surface area contributed by atoms with Crippen LogP contribution in [0.5, 0.6) is 0 Å². The fraction of sp³-hybridized carbons (Fsp3) is 0.133. The third kappa shape index (κ3) is 3.40. The summed E-state index contributed by atoms with van der Waals surface area (Å²) < 4.78 is 52.8. The third-order valence-corrected chi connectivity index (χ3v) is 7.38. The van der Waals surface area contributed by atoms with Gasteiger partial charge in [0.25, 0.3) is 11.4 Å². The Balaban J connectivity index is 2.54. The molecule has 0 atom stereocenters. The Morgan fingerprint density at radius 1 is 0.806 bits per heavy atom. The molecule has 3 N–H and O–H groups in total. The van der Waals surface area contributed by atoms with E-state index in [-0.39, 0.29) is 22.3 Å². The van der Waals surface area contributed by atoms with Crippen molar-refractivity contribution < 1.29 is 31.9 Å². The maximum Gasteiger partial charge on any atom is 0.279 e. The van der Waals surface area contributed by atoms with Gasteiger partial charge in [-0.15, -0.1) is 0 Å². The van der Waals surface area contributed by atoms with E-state index in [1.54, 1.807) is 0 Å². The van der Waals surface area contributed by atoms with Crippen LogP contribution >= 0.6 is 0 Å². The minimum atomic E-state index is -4.19. The van der Waals surface area contributed by atoms with Gasteiger partial charge >= 0.3 is 0 Å². The summed E-state index contributed by atoms with van der Waals surface area (Å²) in [7, 11) is -6.23. The largest absolute Gasteiger partial charge is 0.410 e. The predicted octanol–water partition coefficient (Wildman–Crippen LogP) is 0.526. The van der Waals surface area contributed by atoms with Gasteiger partial charge in [-0.05, 0) is 26.2 Å². The predicted molar refractivity (Wildman–Crippen MR) is 105 cm³/mol. The number of benzene rings is 2. The Bertz CT molecular complexity index is 1290. The second-order valence-corrected chi connectivity index (χ2v) is 9.88. The van der Waals surface area contributed by atoms with Gasteiger partial charge in [0.1, 0.15) is 5.71 Å². The van der Waals surface area contributed by atoms with Crippen LogP contribution in [0, 0.1) is 20.2 Å². The number of nitro benzene ring substituents is 2. The Morgan fingerprint density at radius 3 is 1.42 bits per heavy atom. The molecule has 2 aromatic rings. The van der Waals surface area contributed by atoms with Crippen molar-refractivity contribution in [3.63, 3.8) is 0 Å². The third-order valence-electron chi connectivity index (χ3n) is 4.59. The first-order valence-electron chi connectivity index (χ1n) is 8.14. The molecule has 14 nitrogen and oxygen atoms in total. The van der Waals surface area contributed by atoms with Crippen molar-refractivity contribution in [1.29, 1.82) is 0 Å². The lowest BCUT2D eigenvalue weighted by molar-refractivity contribution is -0.386. The van der Waals surface area contributed by atoms with Crippen molar-refractivity contribution in [3.05, 3.63) is 55.6 Å². The molecule has 31 heavy (non-hydrogen) atoms. The maximum absolute atomic E-state index is 12.2. The maximum atomic E-state index is 12.2. The van der Waals surface area contributed by atoms with Gasteiger partial charge in [-0.1, -0.05) is 5.16 Å². The van der Waals surface area contributed by atoms with E-state index in [1.807, 2.05) is 9.44 Å². The van der Waals surface area contributed by atoms with E-state index in [9.17, 15) is 42.3 Å². The molecule has 0 heterocycles. The van der Waals surface area contributed by atoms with Crippen LogP contribution in [0.25, 0.3) is 11.1 Å². The number of sulfonamides is 2. The highest BCUT2D eigenvalue weighted by atomic mass is 32.2. The van der Waals surface area contributed by atoms with Crippen LogP contribution in [0.4, 0.5) is 11.4 Å². The number of fused-ring (bicyclic) bond motifs is 3.